The van der Waals surface area contributed by atoms with Crippen LogP contribution in [0.3, 0.4) is 0 Å². The number of para-hydroxylation sites is 1. The number of rotatable bonds is 4. The SMILES string of the molecule is O=S(=O)(c1ccccc1N1CCC(CCCl)C1)C(F)(F)F. The minimum atomic E-state index is -5.34. The summed E-state index contributed by atoms with van der Waals surface area (Å²) in [5.74, 6) is 0.769. The van der Waals surface area contributed by atoms with Crippen molar-refractivity contribution in [3.63, 3.8) is 0 Å². The van der Waals surface area contributed by atoms with E-state index in [1.807, 2.05) is 0 Å². The van der Waals surface area contributed by atoms with E-state index in [0.29, 0.717) is 19.0 Å². The number of alkyl halides is 4. The van der Waals surface area contributed by atoms with Crippen molar-refractivity contribution in [1.82, 2.24) is 0 Å². The molecular weight excluding hydrogens is 327 g/mol. The van der Waals surface area contributed by atoms with E-state index in [0.717, 1.165) is 18.9 Å². The van der Waals surface area contributed by atoms with Crippen molar-refractivity contribution in [2.75, 3.05) is 23.9 Å². The number of benzene rings is 1. The molecule has 1 fully saturated rings. The molecule has 21 heavy (non-hydrogen) atoms. The number of hydrogen-bond acceptors (Lipinski definition) is 3. The second-order valence-electron chi connectivity index (χ2n) is 5.00. The molecule has 0 N–H and O–H groups in total. The lowest BCUT2D eigenvalue weighted by Crippen LogP contribution is -2.27. The average Bonchev–Trinajstić information content (AvgIpc) is 2.86. The van der Waals surface area contributed by atoms with Crippen LogP contribution in [0.5, 0.6) is 0 Å². The van der Waals surface area contributed by atoms with E-state index in [1.54, 1.807) is 11.0 Å². The largest absolute Gasteiger partial charge is 0.501 e. The Labute approximate surface area is 126 Å². The number of hydrogen-bond donors (Lipinski definition) is 0. The molecule has 0 radical (unpaired) electrons. The van der Waals surface area contributed by atoms with Crippen molar-refractivity contribution >= 4 is 27.1 Å². The Morgan fingerprint density at radius 1 is 1.29 bits per heavy atom. The third kappa shape index (κ3) is 3.29. The van der Waals surface area contributed by atoms with Crippen molar-refractivity contribution in [3.05, 3.63) is 24.3 Å². The van der Waals surface area contributed by atoms with E-state index in [9.17, 15) is 21.6 Å². The fourth-order valence-electron chi connectivity index (χ4n) is 2.51. The van der Waals surface area contributed by atoms with Crippen LogP contribution >= 0.6 is 11.6 Å². The van der Waals surface area contributed by atoms with Gasteiger partial charge < -0.3 is 4.90 Å². The highest BCUT2D eigenvalue weighted by atomic mass is 35.5. The van der Waals surface area contributed by atoms with Crippen LogP contribution in [-0.4, -0.2) is 32.9 Å². The number of sulfone groups is 1. The van der Waals surface area contributed by atoms with Crippen LogP contribution in [0, 0.1) is 5.92 Å². The molecule has 0 spiro atoms. The summed E-state index contributed by atoms with van der Waals surface area (Å²) in [6.45, 7) is 1.06. The van der Waals surface area contributed by atoms with Gasteiger partial charge in [0.1, 0.15) is 0 Å². The molecule has 8 heteroatoms. The Kier molecular flexibility index (Phi) is 4.72. The van der Waals surface area contributed by atoms with Gasteiger partial charge in [-0.15, -0.1) is 11.6 Å². The van der Waals surface area contributed by atoms with Crippen LogP contribution in [0.15, 0.2) is 29.2 Å². The minimum Gasteiger partial charge on any atom is -0.370 e. The number of anilines is 1. The quantitative estimate of drug-likeness (QED) is 0.787. The number of halogens is 4. The van der Waals surface area contributed by atoms with E-state index < -0.39 is 20.2 Å². The Bertz CT molecular complexity index is 604. The van der Waals surface area contributed by atoms with Gasteiger partial charge >= 0.3 is 5.51 Å². The third-order valence-corrected chi connectivity index (χ3v) is 5.36. The molecule has 1 heterocycles. The van der Waals surface area contributed by atoms with Gasteiger partial charge in [0.05, 0.1) is 10.6 Å². The molecule has 1 aromatic rings. The van der Waals surface area contributed by atoms with E-state index >= 15 is 0 Å². The molecule has 1 aliphatic heterocycles. The van der Waals surface area contributed by atoms with Crippen molar-refractivity contribution < 1.29 is 21.6 Å². The van der Waals surface area contributed by atoms with E-state index in [4.69, 9.17) is 11.6 Å². The highest BCUT2D eigenvalue weighted by Crippen LogP contribution is 2.37. The summed E-state index contributed by atoms with van der Waals surface area (Å²) in [4.78, 5) is 1.01. The van der Waals surface area contributed by atoms with Gasteiger partial charge in [-0.3, -0.25) is 0 Å². The second kappa shape index (κ2) is 6.04. The zero-order chi connectivity index (χ0) is 15.7. The smallest absolute Gasteiger partial charge is 0.370 e. The van der Waals surface area contributed by atoms with Gasteiger partial charge in [-0.25, -0.2) is 8.42 Å². The zero-order valence-electron chi connectivity index (χ0n) is 11.1. The van der Waals surface area contributed by atoms with Gasteiger partial charge in [0, 0.05) is 19.0 Å². The summed E-state index contributed by atoms with van der Waals surface area (Å²) >= 11 is 5.68. The van der Waals surface area contributed by atoms with Gasteiger partial charge in [0.2, 0.25) is 0 Å². The van der Waals surface area contributed by atoms with Crippen LogP contribution in [0.25, 0.3) is 0 Å². The Morgan fingerprint density at radius 2 is 1.95 bits per heavy atom. The first kappa shape index (κ1) is 16.4. The molecule has 1 aliphatic rings. The lowest BCUT2D eigenvalue weighted by atomic mass is 10.1. The van der Waals surface area contributed by atoms with Gasteiger partial charge in [-0.1, -0.05) is 12.1 Å². The van der Waals surface area contributed by atoms with Crippen LogP contribution in [0.2, 0.25) is 0 Å². The van der Waals surface area contributed by atoms with E-state index in [1.165, 1.54) is 12.1 Å². The summed E-state index contributed by atoms with van der Waals surface area (Å²) in [5, 5.41) is 0. The molecule has 0 saturated carbocycles. The molecule has 118 valence electrons. The van der Waals surface area contributed by atoms with Gasteiger partial charge in [0.15, 0.2) is 0 Å². The molecule has 1 atom stereocenters. The summed E-state index contributed by atoms with van der Waals surface area (Å²) in [5.41, 5.74) is -5.18. The van der Waals surface area contributed by atoms with Crippen LogP contribution in [0.4, 0.5) is 18.9 Å². The first-order valence-electron chi connectivity index (χ1n) is 6.48. The van der Waals surface area contributed by atoms with Gasteiger partial charge in [0.25, 0.3) is 9.84 Å². The van der Waals surface area contributed by atoms with Crippen LogP contribution < -0.4 is 4.90 Å². The van der Waals surface area contributed by atoms with Crippen molar-refractivity contribution in [1.29, 1.82) is 0 Å². The molecule has 0 aromatic heterocycles. The third-order valence-electron chi connectivity index (χ3n) is 3.60. The molecule has 1 unspecified atom stereocenters. The predicted octanol–water partition coefficient (Wildman–Crippen LogP) is 3.44. The second-order valence-corrected chi connectivity index (χ2v) is 7.28. The fourth-order valence-corrected chi connectivity index (χ4v) is 3.80. The lowest BCUT2D eigenvalue weighted by Gasteiger charge is -2.22. The molecule has 1 saturated heterocycles. The average molecular weight is 342 g/mol. The predicted molar refractivity (Wildman–Crippen MR) is 75.3 cm³/mol. The first-order valence-corrected chi connectivity index (χ1v) is 8.50. The standard InChI is InChI=1S/C13H15ClF3NO2S/c14-7-5-10-6-8-18(9-10)11-3-1-2-4-12(11)21(19,20)13(15,16)17/h1-4,10H,5-9H2. The van der Waals surface area contributed by atoms with E-state index in [-0.39, 0.29) is 11.6 Å². The maximum atomic E-state index is 12.8. The summed E-state index contributed by atoms with van der Waals surface area (Å²) in [6, 6.07) is 5.27. The maximum absolute atomic E-state index is 12.8. The Hall–Kier alpha value is -0.950. The molecule has 0 aliphatic carbocycles. The van der Waals surface area contributed by atoms with Gasteiger partial charge in [-0.2, -0.15) is 13.2 Å². The summed E-state index contributed by atoms with van der Waals surface area (Å²) in [6.07, 6.45) is 1.57. The first-order chi connectivity index (χ1) is 9.77. The molecule has 0 bridgehead atoms. The summed E-state index contributed by atoms with van der Waals surface area (Å²) < 4.78 is 61.6. The monoisotopic (exact) mass is 341 g/mol. The van der Waals surface area contributed by atoms with Crippen molar-refractivity contribution in [2.24, 2.45) is 5.92 Å². The lowest BCUT2D eigenvalue weighted by molar-refractivity contribution is -0.0435. The van der Waals surface area contributed by atoms with Crippen molar-refractivity contribution in [2.45, 2.75) is 23.2 Å². The Morgan fingerprint density at radius 3 is 2.57 bits per heavy atom. The highest BCUT2D eigenvalue weighted by Gasteiger charge is 2.48. The van der Waals surface area contributed by atoms with E-state index in [2.05, 4.69) is 0 Å². The molecule has 2 rings (SSSR count). The zero-order valence-corrected chi connectivity index (χ0v) is 12.7. The molecule has 3 nitrogen and oxygen atoms in total. The molecular formula is C13H15ClF3NO2S. The number of nitrogens with zero attached hydrogens (tertiary/aromatic N) is 1. The summed E-state index contributed by atoms with van der Waals surface area (Å²) in [7, 11) is -5.34. The van der Waals surface area contributed by atoms with Crippen molar-refractivity contribution in [3.8, 4) is 0 Å². The fraction of sp³-hybridized carbons (Fsp3) is 0.538. The maximum Gasteiger partial charge on any atom is 0.501 e. The minimum absolute atomic E-state index is 0.117. The van der Waals surface area contributed by atoms with Crippen LogP contribution in [-0.2, 0) is 9.84 Å². The molecule has 0 amide bonds. The van der Waals surface area contributed by atoms with Gasteiger partial charge in [-0.05, 0) is 30.9 Å². The Balaban J connectivity index is 2.35. The topological polar surface area (TPSA) is 37.4 Å². The van der Waals surface area contributed by atoms with Crippen LogP contribution in [0.1, 0.15) is 12.8 Å². The normalized spacial score (nSPS) is 20.0. The molecule has 1 aromatic carbocycles. The highest BCUT2D eigenvalue weighted by molar-refractivity contribution is 7.92.